The van der Waals surface area contributed by atoms with Gasteiger partial charge in [0.25, 0.3) is 0 Å². The minimum Gasteiger partial charge on any atom is -0.333 e. The van der Waals surface area contributed by atoms with Crippen molar-refractivity contribution in [3.63, 3.8) is 0 Å². The predicted octanol–water partition coefficient (Wildman–Crippen LogP) is 3.71. The molecule has 5 heteroatoms. The first-order valence-corrected chi connectivity index (χ1v) is 8.19. The Bertz CT molecular complexity index is 737. The Morgan fingerprint density at radius 1 is 1.14 bits per heavy atom. The van der Waals surface area contributed by atoms with Crippen LogP contribution in [-0.2, 0) is 4.79 Å². The van der Waals surface area contributed by atoms with Gasteiger partial charge in [-0.2, -0.15) is 0 Å². The number of H-pyrrole nitrogens is 1. The third kappa shape index (κ3) is 3.14. The van der Waals surface area contributed by atoms with Crippen molar-refractivity contribution >= 4 is 34.4 Å². The van der Waals surface area contributed by atoms with Crippen LogP contribution in [0.5, 0.6) is 0 Å². The Morgan fingerprint density at radius 3 is 2.59 bits per heavy atom. The lowest BCUT2D eigenvalue weighted by Gasteiger charge is -2.20. The van der Waals surface area contributed by atoms with Gasteiger partial charge in [0.05, 0.1) is 16.8 Å². The smallest absolute Gasteiger partial charge is 0.237 e. The fourth-order valence-corrected chi connectivity index (χ4v) is 3.08. The number of nitrogens with zero attached hydrogens (tertiary/aromatic N) is 2. The molecule has 0 spiro atoms. The maximum atomic E-state index is 12.4. The van der Waals surface area contributed by atoms with Gasteiger partial charge < -0.3 is 9.88 Å². The van der Waals surface area contributed by atoms with Crippen molar-refractivity contribution in [2.24, 2.45) is 0 Å². The van der Waals surface area contributed by atoms with E-state index >= 15 is 0 Å². The molecule has 0 saturated heterocycles. The molecule has 0 aliphatic rings. The molecule has 4 nitrogen and oxygen atoms in total. The molecule has 0 saturated carbocycles. The maximum absolute atomic E-state index is 12.4. The molecule has 0 aliphatic carbocycles. The van der Waals surface area contributed by atoms with Gasteiger partial charge in [0, 0.05) is 12.2 Å². The number of aromatic nitrogens is 2. The van der Waals surface area contributed by atoms with E-state index in [9.17, 15) is 4.79 Å². The quantitative estimate of drug-likeness (QED) is 0.731. The lowest BCUT2D eigenvalue weighted by Crippen LogP contribution is -2.32. The summed E-state index contributed by atoms with van der Waals surface area (Å²) in [6.07, 6.45) is 0. The van der Waals surface area contributed by atoms with Crippen molar-refractivity contribution in [2.75, 3.05) is 17.2 Å². The highest BCUT2D eigenvalue weighted by Gasteiger charge is 2.14. The molecule has 3 aromatic rings. The van der Waals surface area contributed by atoms with Crippen molar-refractivity contribution in [1.82, 2.24) is 9.97 Å². The number of carbonyl (C=O) groups is 1. The highest BCUT2D eigenvalue weighted by atomic mass is 32.2. The van der Waals surface area contributed by atoms with Crippen molar-refractivity contribution in [3.8, 4) is 0 Å². The standard InChI is InChI=1S/C17H17N3OS/c1-2-20(13-8-4-3-5-9-13)16(21)12-22-17-18-14-10-6-7-11-15(14)19-17/h3-11H,2,12H2,1H3,(H,18,19). The van der Waals surface area contributed by atoms with Crippen LogP contribution in [0.25, 0.3) is 11.0 Å². The van der Waals surface area contributed by atoms with E-state index in [1.54, 1.807) is 4.90 Å². The van der Waals surface area contributed by atoms with Crippen LogP contribution in [0, 0.1) is 0 Å². The number of para-hydroxylation sites is 3. The Labute approximate surface area is 133 Å². The van der Waals surface area contributed by atoms with Crippen molar-refractivity contribution in [2.45, 2.75) is 12.1 Å². The molecule has 1 heterocycles. The number of carbonyl (C=O) groups excluding carboxylic acids is 1. The molecule has 3 rings (SSSR count). The van der Waals surface area contributed by atoms with Crippen LogP contribution in [0.3, 0.4) is 0 Å². The topological polar surface area (TPSA) is 49.0 Å². The third-order valence-electron chi connectivity index (χ3n) is 3.39. The number of rotatable bonds is 5. The summed E-state index contributed by atoms with van der Waals surface area (Å²) in [7, 11) is 0. The van der Waals surface area contributed by atoms with Crippen LogP contribution < -0.4 is 4.90 Å². The Hall–Kier alpha value is -2.27. The van der Waals surface area contributed by atoms with Crippen LogP contribution in [-0.4, -0.2) is 28.2 Å². The van der Waals surface area contributed by atoms with Crippen LogP contribution in [0.15, 0.2) is 59.8 Å². The zero-order valence-corrected chi connectivity index (χ0v) is 13.1. The van der Waals surface area contributed by atoms with Crippen LogP contribution in [0.2, 0.25) is 0 Å². The minimum atomic E-state index is 0.0826. The van der Waals surface area contributed by atoms with E-state index in [0.29, 0.717) is 12.3 Å². The summed E-state index contributed by atoms with van der Waals surface area (Å²) in [6.45, 7) is 2.64. The number of imidazole rings is 1. The first-order chi connectivity index (χ1) is 10.8. The molecule has 0 fully saturated rings. The highest BCUT2D eigenvalue weighted by Crippen LogP contribution is 2.21. The monoisotopic (exact) mass is 311 g/mol. The van der Waals surface area contributed by atoms with E-state index in [0.717, 1.165) is 21.9 Å². The van der Waals surface area contributed by atoms with Crippen molar-refractivity contribution < 1.29 is 4.79 Å². The van der Waals surface area contributed by atoms with Gasteiger partial charge in [0.2, 0.25) is 5.91 Å². The van der Waals surface area contributed by atoms with Gasteiger partial charge in [-0.25, -0.2) is 4.98 Å². The average molecular weight is 311 g/mol. The Balaban J connectivity index is 1.68. The van der Waals surface area contributed by atoms with Gasteiger partial charge in [-0.3, -0.25) is 4.79 Å². The average Bonchev–Trinajstić information content (AvgIpc) is 2.97. The number of hydrogen-bond acceptors (Lipinski definition) is 3. The lowest BCUT2D eigenvalue weighted by atomic mass is 10.3. The Morgan fingerprint density at radius 2 is 1.86 bits per heavy atom. The van der Waals surface area contributed by atoms with Crippen LogP contribution in [0.1, 0.15) is 6.92 Å². The first-order valence-electron chi connectivity index (χ1n) is 7.21. The zero-order valence-electron chi connectivity index (χ0n) is 12.3. The molecule has 0 bridgehead atoms. The molecule has 1 N–H and O–H groups in total. The van der Waals surface area contributed by atoms with Crippen molar-refractivity contribution in [3.05, 3.63) is 54.6 Å². The van der Waals surface area contributed by atoms with Crippen molar-refractivity contribution in [1.29, 1.82) is 0 Å². The van der Waals surface area contributed by atoms with Gasteiger partial charge in [-0.15, -0.1) is 0 Å². The number of thioether (sulfide) groups is 1. The minimum absolute atomic E-state index is 0.0826. The van der Waals surface area contributed by atoms with Crippen LogP contribution >= 0.6 is 11.8 Å². The fourth-order valence-electron chi connectivity index (χ4n) is 2.32. The molecular formula is C17H17N3OS. The number of fused-ring (bicyclic) bond motifs is 1. The highest BCUT2D eigenvalue weighted by molar-refractivity contribution is 7.99. The molecule has 22 heavy (non-hydrogen) atoms. The molecule has 0 atom stereocenters. The largest absolute Gasteiger partial charge is 0.333 e. The molecule has 1 amide bonds. The van der Waals surface area contributed by atoms with E-state index < -0.39 is 0 Å². The van der Waals surface area contributed by atoms with E-state index in [-0.39, 0.29) is 5.91 Å². The lowest BCUT2D eigenvalue weighted by molar-refractivity contribution is -0.116. The number of anilines is 1. The molecule has 2 aromatic carbocycles. The van der Waals surface area contributed by atoms with Crippen LogP contribution in [0.4, 0.5) is 5.69 Å². The molecule has 0 aliphatic heterocycles. The van der Waals surface area contributed by atoms with E-state index in [4.69, 9.17) is 0 Å². The fraction of sp³-hybridized carbons (Fsp3) is 0.176. The molecule has 0 unspecified atom stereocenters. The SMILES string of the molecule is CCN(C(=O)CSc1nc2ccccc2[nH]1)c1ccccc1. The van der Waals surface area contributed by atoms with Gasteiger partial charge in [0.15, 0.2) is 5.16 Å². The Kier molecular flexibility index (Phi) is 4.44. The second-order valence-corrected chi connectivity index (χ2v) is 5.79. The molecule has 1 aromatic heterocycles. The summed E-state index contributed by atoms with van der Waals surface area (Å²) in [4.78, 5) is 21.9. The van der Waals surface area contributed by atoms with E-state index in [1.165, 1.54) is 11.8 Å². The second-order valence-electron chi connectivity index (χ2n) is 4.82. The van der Waals surface area contributed by atoms with Gasteiger partial charge in [-0.05, 0) is 31.2 Å². The van der Waals surface area contributed by atoms with Gasteiger partial charge in [0.1, 0.15) is 0 Å². The second kappa shape index (κ2) is 6.66. The summed E-state index contributed by atoms with van der Waals surface area (Å²) in [5.74, 6) is 0.446. The molecular weight excluding hydrogens is 294 g/mol. The molecule has 112 valence electrons. The number of benzene rings is 2. The number of hydrogen-bond donors (Lipinski definition) is 1. The van der Waals surface area contributed by atoms with Gasteiger partial charge >= 0.3 is 0 Å². The summed E-state index contributed by atoms with van der Waals surface area (Å²) >= 11 is 1.43. The summed E-state index contributed by atoms with van der Waals surface area (Å²) in [5, 5.41) is 0.777. The summed E-state index contributed by atoms with van der Waals surface area (Å²) in [5.41, 5.74) is 2.85. The van der Waals surface area contributed by atoms with E-state index in [1.807, 2.05) is 61.5 Å². The van der Waals surface area contributed by atoms with Gasteiger partial charge in [-0.1, -0.05) is 42.1 Å². The third-order valence-corrected chi connectivity index (χ3v) is 4.24. The molecule has 0 radical (unpaired) electrons. The zero-order chi connectivity index (χ0) is 15.4. The first kappa shape index (κ1) is 14.7. The number of amides is 1. The summed E-state index contributed by atoms with van der Waals surface area (Å²) in [6, 6.07) is 17.6. The normalized spacial score (nSPS) is 10.8. The summed E-state index contributed by atoms with van der Waals surface area (Å²) < 4.78 is 0. The number of nitrogens with one attached hydrogen (secondary N) is 1. The maximum Gasteiger partial charge on any atom is 0.237 e. The predicted molar refractivity (Wildman–Crippen MR) is 91.3 cm³/mol. The number of aromatic amines is 1. The van der Waals surface area contributed by atoms with E-state index in [2.05, 4.69) is 9.97 Å².